The first-order valence-electron chi connectivity index (χ1n) is 10.5. The Morgan fingerprint density at radius 1 is 0.906 bits per heavy atom. The smallest absolute Gasteiger partial charge is 0.119 e. The molecule has 0 radical (unpaired) electrons. The van der Waals surface area contributed by atoms with E-state index in [-0.39, 0.29) is 24.5 Å². The highest BCUT2D eigenvalue weighted by atomic mass is 35.5. The number of aryl methyl sites for hydroxylation is 1. The van der Waals surface area contributed by atoms with Crippen LogP contribution in [0.1, 0.15) is 30.7 Å². The lowest BCUT2D eigenvalue weighted by Gasteiger charge is -2.26. The molecule has 2 N–H and O–H groups in total. The summed E-state index contributed by atoms with van der Waals surface area (Å²) in [4.78, 5) is 0. The Labute approximate surface area is 193 Å². The van der Waals surface area contributed by atoms with Crippen molar-refractivity contribution in [3.63, 3.8) is 0 Å². The van der Waals surface area contributed by atoms with Crippen LogP contribution < -0.4 is 9.47 Å². The maximum atomic E-state index is 10.2. The molecule has 0 aliphatic carbocycles. The number of ether oxygens (including phenoxy) is 2. The molecular weight excluding hydrogens is 430 g/mol. The Kier molecular flexibility index (Phi) is 8.12. The van der Waals surface area contributed by atoms with Gasteiger partial charge in [-0.3, -0.25) is 0 Å². The Morgan fingerprint density at radius 3 is 1.84 bits per heavy atom. The number of benzene rings is 2. The number of halogens is 1. The molecule has 1 heterocycles. The Balaban J connectivity index is 1.56. The third kappa shape index (κ3) is 6.45. The van der Waals surface area contributed by atoms with Gasteiger partial charge in [0.1, 0.15) is 36.9 Å². The normalized spacial score (nSPS) is 13.6. The van der Waals surface area contributed by atoms with Crippen molar-refractivity contribution in [2.75, 3.05) is 19.1 Å². The molecule has 0 aliphatic heterocycles. The van der Waals surface area contributed by atoms with Crippen molar-refractivity contribution >= 4 is 11.6 Å². The Morgan fingerprint density at radius 2 is 1.41 bits per heavy atom. The van der Waals surface area contributed by atoms with E-state index in [0.717, 1.165) is 16.8 Å². The highest BCUT2D eigenvalue weighted by Crippen LogP contribution is 2.33. The summed E-state index contributed by atoms with van der Waals surface area (Å²) in [6.07, 6.45) is 0.419. The van der Waals surface area contributed by atoms with Crippen LogP contribution in [0, 0.1) is 6.92 Å². The van der Waals surface area contributed by atoms with Crippen molar-refractivity contribution in [2.45, 2.75) is 44.9 Å². The van der Waals surface area contributed by atoms with Crippen molar-refractivity contribution in [1.82, 2.24) is 15.0 Å². The molecule has 0 saturated carbocycles. The van der Waals surface area contributed by atoms with Crippen LogP contribution in [-0.4, -0.2) is 56.5 Å². The first kappa shape index (κ1) is 24.0. The summed E-state index contributed by atoms with van der Waals surface area (Å²) in [7, 11) is 0. The van der Waals surface area contributed by atoms with Gasteiger partial charge < -0.3 is 19.7 Å². The molecule has 32 heavy (non-hydrogen) atoms. The van der Waals surface area contributed by atoms with Crippen LogP contribution in [0.5, 0.6) is 11.5 Å². The van der Waals surface area contributed by atoms with E-state index in [9.17, 15) is 10.2 Å². The molecule has 2 aromatic carbocycles. The largest absolute Gasteiger partial charge is 0.491 e. The monoisotopic (exact) mass is 459 g/mol. The van der Waals surface area contributed by atoms with Gasteiger partial charge in [-0.1, -0.05) is 43.3 Å². The molecule has 0 bridgehead atoms. The lowest BCUT2D eigenvalue weighted by atomic mass is 9.78. The zero-order valence-corrected chi connectivity index (χ0v) is 19.4. The van der Waals surface area contributed by atoms with Crippen molar-refractivity contribution in [1.29, 1.82) is 0 Å². The van der Waals surface area contributed by atoms with Crippen molar-refractivity contribution < 1.29 is 19.7 Å². The minimum absolute atomic E-state index is 0.144. The van der Waals surface area contributed by atoms with Crippen molar-refractivity contribution in [2.24, 2.45) is 0 Å². The van der Waals surface area contributed by atoms with Crippen LogP contribution in [0.2, 0.25) is 0 Å². The Hall–Kier alpha value is -2.61. The number of aliphatic hydroxyl groups excluding tert-OH is 2. The molecule has 2 atom stereocenters. The molecule has 0 saturated heterocycles. The number of hydrogen-bond donors (Lipinski definition) is 2. The van der Waals surface area contributed by atoms with Gasteiger partial charge in [-0.2, -0.15) is 0 Å². The maximum Gasteiger partial charge on any atom is 0.119 e. The van der Waals surface area contributed by atoms with Gasteiger partial charge in [0.05, 0.1) is 18.1 Å². The minimum atomic E-state index is -0.682. The zero-order valence-electron chi connectivity index (χ0n) is 18.6. The van der Waals surface area contributed by atoms with Crippen LogP contribution in [0.15, 0.2) is 54.7 Å². The van der Waals surface area contributed by atoms with E-state index >= 15 is 0 Å². The second kappa shape index (κ2) is 10.8. The van der Waals surface area contributed by atoms with Gasteiger partial charge in [0.15, 0.2) is 0 Å². The SMILES string of the molecule is Cc1cn(C[C@H](O)COc2ccc(C(C)(C)c3ccc(OC[C@H](O)CCl)cc3)cc2)nn1. The van der Waals surface area contributed by atoms with E-state index in [1.165, 1.54) is 0 Å². The number of hydrogen-bond acceptors (Lipinski definition) is 6. The summed E-state index contributed by atoms with van der Waals surface area (Å²) in [5, 5.41) is 27.5. The van der Waals surface area contributed by atoms with E-state index in [0.29, 0.717) is 18.0 Å². The summed E-state index contributed by atoms with van der Waals surface area (Å²) in [5.74, 6) is 1.53. The van der Waals surface area contributed by atoms with Gasteiger partial charge in [0.2, 0.25) is 0 Å². The predicted octanol–water partition coefficient (Wildman–Crippen LogP) is 3.33. The lowest BCUT2D eigenvalue weighted by Crippen LogP contribution is -2.24. The third-order valence-electron chi connectivity index (χ3n) is 5.27. The molecule has 1 aromatic heterocycles. The number of alkyl halides is 1. The van der Waals surface area contributed by atoms with E-state index in [4.69, 9.17) is 21.1 Å². The molecule has 7 nitrogen and oxygen atoms in total. The molecule has 0 aliphatic rings. The van der Waals surface area contributed by atoms with Crippen LogP contribution in [-0.2, 0) is 12.0 Å². The summed E-state index contributed by atoms with van der Waals surface area (Å²) in [6.45, 7) is 6.82. The second-order valence-corrected chi connectivity index (χ2v) is 8.65. The van der Waals surface area contributed by atoms with Gasteiger partial charge in [-0.25, -0.2) is 4.68 Å². The van der Waals surface area contributed by atoms with Crippen LogP contribution in [0.3, 0.4) is 0 Å². The molecule has 3 rings (SSSR count). The van der Waals surface area contributed by atoms with Gasteiger partial charge >= 0.3 is 0 Å². The van der Waals surface area contributed by atoms with Crippen LogP contribution in [0.4, 0.5) is 0 Å². The molecule has 8 heteroatoms. The average Bonchev–Trinajstić information content (AvgIpc) is 3.20. The summed E-state index contributed by atoms with van der Waals surface area (Å²) >= 11 is 5.59. The average molecular weight is 460 g/mol. The maximum absolute atomic E-state index is 10.2. The summed E-state index contributed by atoms with van der Waals surface area (Å²) in [6, 6.07) is 15.7. The predicted molar refractivity (Wildman–Crippen MR) is 123 cm³/mol. The number of nitrogens with zero attached hydrogens (tertiary/aromatic N) is 3. The Bertz CT molecular complexity index is 974. The van der Waals surface area contributed by atoms with E-state index < -0.39 is 12.2 Å². The fourth-order valence-electron chi connectivity index (χ4n) is 3.28. The summed E-state index contributed by atoms with van der Waals surface area (Å²) < 4.78 is 12.9. The van der Waals surface area contributed by atoms with Gasteiger partial charge in [0.25, 0.3) is 0 Å². The molecule has 0 amide bonds. The highest BCUT2D eigenvalue weighted by molar-refractivity contribution is 6.18. The standard InChI is InChI=1S/C24H30ClN3O4/c1-17-13-28(27-26-17)14-21(30)16-32-23-10-6-19(7-11-23)24(2,3)18-4-8-22(9-5-18)31-15-20(29)12-25/h4-11,13,20-21,29-30H,12,14-16H2,1-3H3/t20-,21+/m1/s1. The molecule has 172 valence electrons. The van der Waals surface area contributed by atoms with Gasteiger partial charge in [-0.15, -0.1) is 16.7 Å². The molecule has 0 fully saturated rings. The fourth-order valence-corrected chi connectivity index (χ4v) is 3.37. The van der Waals surface area contributed by atoms with Crippen molar-refractivity contribution in [3.8, 4) is 11.5 Å². The van der Waals surface area contributed by atoms with E-state index in [2.05, 4.69) is 24.2 Å². The summed E-state index contributed by atoms with van der Waals surface area (Å²) in [5.41, 5.74) is 2.85. The molecular formula is C24H30ClN3O4. The fraction of sp³-hybridized carbons (Fsp3) is 0.417. The third-order valence-corrected chi connectivity index (χ3v) is 5.62. The zero-order chi connectivity index (χ0) is 23.1. The lowest BCUT2D eigenvalue weighted by molar-refractivity contribution is 0.0888. The molecule has 0 spiro atoms. The number of rotatable bonds is 11. The van der Waals surface area contributed by atoms with Gasteiger partial charge in [0, 0.05) is 11.6 Å². The number of aromatic nitrogens is 3. The van der Waals surface area contributed by atoms with E-state index in [1.54, 1.807) is 10.9 Å². The molecule has 0 unspecified atom stereocenters. The van der Waals surface area contributed by atoms with Gasteiger partial charge in [-0.05, 0) is 42.3 Å². The highest BCUT2D eigenvalue weighted by Gasteiger charge is 2.23. The minimum Gasteiger partial charge on any atom is -0.491 e. The first-order valence-corrected chi connectivity index (χ1v) is 11.1. The number of aliphatic hydroxyl groups is 2. The van der Waals surface area contributed by atoms with Crippen molar-refractivity contribution in [3.05, 3.63) is 71.5 Å². The second-order valence-electron chi connectivity index (χ2n) is 8.34. The van der Waals surface area contributed by atoms with E-state index in [1.807, 2.05) is 55.5 Å². The quantitative estimate of drug-likeness (QED) is 0.427. The van der Waals surface area contributed by atoms with Crippen LogP contribution in [0.25, 0.3) is 0 Å². The topological polar surface area (TPSA) is 89.6 Å². The molecule has 3 aromatic rings. The first-order chi connectivity index (χ1) is 15.3. The van der Waals surface area contributed by atoms with Crippen LogP contribution >= 0.6 is 11.6 Å².